The van der Waals surface area contributed by atoms with Gasteiger partial charge in [0.15, 0.2) is 0 Å². The predicted molar refractivity (Wildman–Crippen MR) is 113 cm³/mol. The number of nitrogens with zero attached hydrogens (tertiary/aromatic N) is 1. The third kappa shape index (κ3) is 5.53. The molecule has 0 saturated carbocycles. The van der Waals surface area contributed by atoms with Crippen molar-refractivity contribution in [3.63, 3.8) is 0 Å². The second kappa shape index (κ2) is 8.01. The van der Waals surface area contributed by atoms with Crippen LogP contribution in [-0.2, 0) is 23.9 Å². The zero-order chi connectivity index (χ0) is 21.4. The number of hydrogen-bond acceptors (Lipinski definition) is 2. The number of amides is 1. The predicted octanol–water partition coefficient (Wildman–Crippen LogP) is 6.41. The van der Waals surface area contributed by atoms with Crippen molar-refractivity contribution in [1.29, 1.82) is 0 Å². The maximum Gasteiger partial charge on any atom is 0.416 e. The van der Waals surface area contributed by atoms with Crippen molar-refractivity contribution >= 4 is 33.2 Å². The first-order valence-corrected chi connectivity index (χ1v) is 10.2. The fourth-order valence-corrected chi connectivity index (χ4v) is 3.86. The number of halogens is 4. The fraction of sp³-hybridized carbons (Fsp3) is 0.409. The largest absolute Gasteiger partial charge is 0.416 e. The summed E-state index contributed by atoms with van der Waals surface area (Å²) in [6.45, 7) is 7.37. The van der Waals surface area contributed by atoms with E-state index < -0.39 is 11.7 Å². The summed E-state index contributed by atoms with van der Waals surface area (Å²) in [6, 6.07) is 9.24. The van der Waals surface area contributed by atoms with E-state index in [1.165, 1.54) is 12.1 Å². The van der Waals surface area contributed by atoms with Gasteiger partial charge in [0.2, 0.25) is 5.91 Å². The Hall–Kier alpha value is -2.02. The molecule has 29 heavy (non-hydrogen) atoms. The van der Waals surface area contributed by atoms with E-state index in [2.05, 4.69) is 26.1 Å². The van der Waals surface area contributed by atoms with Gasteiger partial charge in [-0.05, 0) is 63.2 Å². The lowest BCUT2D eigenvalue weighted by Crippen LogP contribution is -2.20. The molecule has 2 aromatic carbocycles. The molecule has 0 radical (unpaired) electrons. The molecule has 0 unspecified atom stereocenters. The highest BCUT2D eigenvalue weighted by molar-refractivity contribution is 9.10. The van der Waals surface area contributed by atoms with Gasteiger partial charge in [-0.2, -0.15) is 13.2 Å². The summed E-state index contributed by atoms with van der Waals surface area (Å²) in [6.07, 6.45) is -3.07. The summed E-state index contributed by atoms with van der Waals surface area (Å²) in [5, 5.41) is 2.97. The molecule has 1 aliphatic rings. The topological polar surface area (TPSA) is 32.3 Å². The average Bonchev–Trinajstić information content (AvgIpc) is 2.95. The molecular formula is C22H24BrF3N2O. The molecule has 0 aromatic heterocycles. The van der Waals surface area contributed by atoms with Crippen LogP contribution in [0.5, 0.6) is 0 Å². The summed E-state index contributed by atoms with van der Waals surface area (Å²) >= 11 is 3.54. The van der Waals surface area contributed by atoms with Crippen molar-refractivity contribution in [3.8, 4) is 0 Å². The number of benzene rings is 2. The van der Waals surface area contributed by atoms with E-state index in [0.29, 0.717) is 13.0 Å². The molecule has 1 N–H and O–H groups in total. The van der Waals surface area contributed by atoms with Crippen LogP contribution in [0.3, 0.4) is 0 Å². The zero-order valence-corrected chi connectivity index (χ0v) is 18.2. The van der Waals surface area contributed by atoms with Crippen molar-refractivity contribution in [3.05, 3.63) is 57.6 Å². The van der Waals surface area contributed by atoms with Gasteiger partial charge in [-0.1, -0.05) is 32.9 Å². The minimum absolute atomic E-state index is 0.0299. The van der Waals surface area contributed by atoms with Crippen LogP contribution in [0.4, 0.5) is 24.5 Å². The van der Waals surface area contributed by atoms with Crippen LogP contribution in [0.25, 0.3) is 0 Å². The first kappa shape index (κ1) is 21.7. The molecule has 3 rings (SSSR count). The molecule has 1 amide bonds. The van der Waals surface area contributed by atoms with Crippen LogP contribution in [0.2, 0.25) is 0 Å². The Morgan fingerprint density at radius 1 is 1.14 bits per heavy atom. The third-order valence-corrected chi connectivity index (χ3v) is 5.44. The van der Waals surface area contributed by atoms with E-state index >= 15 is 0 Å². The van der Waals surface area contributed by atoms with Crippen LogP contribution in [0.15, 0.2) is 40.9 Å². The van der Waals surface area contributed by atoms with Crippen molar-refractivity contribution in [2.24, 2.45) is 5.41 Å². The number of nitrogens with one attached hydrogen (secondary N) is 1. The van der Waals surface area contributed by atoms with E-state index in [1.54, 1.807) is 0 Å². The zero-order valence-electron chi connectivity index (χ0n) is 16.7. The number of carbonyl (C=O) groups is 1. The smallest absolute Gasteiger partial charge is 0.367 e. The monoisotopic (exact) mass is 468 g/mol. The van der Waals surface area contributed by atoms with Gasteiger partial charge in [0, 0.05) is 29.7 Å². The van der Waals surface area contributed by atoms with Crippen LogP contribution in [0, 0.1) is 5.41 Å². The molecule has 0 fully saturated rings. The third-order valence-electron chi connectivity index (χ3n) is 4.78. The standard InChI is InChI=1S/C22H24BrF3N2O/c1-21(2,3)12-20(29)27-18-10-15-8-9-28(19(15)11-17(18)23)13-14-4-6-16(7-5-14)22(24,25)26/h4-7,10-11H,8-9,12-13H2,1-3H3,(H,27,29). The number of hydrogen-bond donors (Lipinski definition) is 1. The van der Waals surface area contributed by atoms with Gasteiger partial charge in [-0.3, -0.25) is 4.79 Å². The van der Waals surface area contributed by atoms with Crippen molar-refractivity contribution in [1.82, 2.24) is 0 Å². The highest BCUT2D eigenvalue weighted by Crippen LogP contribution is 2.37. The van der Waals surface area contributed by atoms with E-state index in [4.69, 9.17) is 0 Å². The molecular weight excluding hydrogens is 445 g/mol. The lowest BCUT2D eigenvalue weighted by molar-refractivity contribution is -0.137. The van der Waals surface area contributed by atoms with Crippen LogP contribution in [-0.4, -0.2) is 12.5 Å². The quantitative estimate of drug-likeness (QED) is 0.562. The van der Waals surface area contributed by atoms with Crippen LogP contribution >= 0.6 is 15.9 Å². The highest BCUT2D eigenvalue weighted by atomic mass is 79.9. The average molecular weight is 469 g/mol. The van der Waals surface area contributed by atoms with Crippen molar-refractivity contribution in [2.45, 2.75) is 46.3 Å². The summed E-state index contributed by atoms with van der Waals surface area (Å²) in [5.41, 5.74) is 2.99. The minimum atomic E-state index is -4.32. The fourth-order valence-electron chi connectivity index (χ4n) is 3.43. The van der Waals surface area contributed by atoms with E-state index in [9.17, 15) is 18.0 Å². The van der Waals surface area contributed by atoms with E-state index in [-0.39, 0.29) is 11.3 Å². The van der Waals surface area contributed by atoms with Crippen molar-refractivity contribution < 1.29 is 18.0 Å². The lowest BCUT2D eigenvalue weighted by atomic mass is 9.92. The van der Waals surface area contributed by atoms with E-state index in [0.717, 1.165) is 52.1 Å². The number of carbonyl (C=O) groups excluding carboxylic acids is 1. The van der Waals surface area contributed by atoms with Gasteiger partial charge in [-0.25, -0.2) is 0 Å². The van der Waals surface area contributed by atoms with Crippen LogP contribution in [0.1, 0.15) is 43.9 Å². The minimum Gasteiger partial charge on any atom is -0.367 e. The summed E-state index contributed by atoms with van der Waals surface area (Å²) in [5.74, 6) is -0.0299. The first-order chi connectivity index (χ1) is 13.4. The Morgan fingerprint density at radius 2 is 1.79 bits per heavy atom. The Bertz CT molecular complexity index is 902. The highest BCUT2D eigenvalue weighted by Gasteiger charge is 2.30. The summed E-state index contributed by atoms with van der Waals surface area (Å²) in [7, 11) is 0. The van der Waals surface area contributed by atoms with E-state index in [1.807, 2.05) is 32.9 Å². The number of anilines is 2. The van der Waals surface area contributed by atoms with Crippen molar-refractivity contribution in [2.75, 3.05) is 16.8 Å². The van der Waals surface area contributed by atoms with Gasteiger partial charge in [-0.15, -0.1) is 0 Å². The van der Waals surface area contributed by atoms with Crippen LogP contribution < -0.4 is 10.2 Å². The SMILES string of the molecule is CC(C)(C)CC(=O)Nc1cc2c(cc1Br)N(Cc1ccc(C(F)(F)F)cc1)CC2. The van der Waals surface area contributed by atoms with Gasteiger partial charge >= 0.3 is 6.18 Å². The molecule has 0 atom stereocenters. The maximum absolute atomic E-state index is 12.7. The second-order valence-corrected chi connectivity index (χ2v) is 9.47. The number of fused-ring (bicyclic) bond motifs is 1. The summed E-state index contributed by atoms with van der Waals surface area (Å²) < 4.78 is 39.0. The first-order valence-electron chi connectivity index (χ1n) is 9.46. The summed E-state index contributed by atoms with van der Waals surface area (Å²) in [4.78, 5) is 14.4. The number of alkyl halides is 3. The van der Waals surface area contributed by atoms with Gasteiger partial charge in [0.05, 0.1) is 11.3 Å². The molecule has 2 aromatic rings. The van der Waals surface area contributed by atoms with Gasteiger partial charge in [0.25, 0.3) is 0 Å². The molecule has 0 spiro atoms. The molecule has 1 aliphatic heterocycles. The molecule has 0 aliphatic carbocycles. The number of rotatable bonds is 4. The second-order valence-electron chi connectivity index (χ2n) is 8.61. The molecule has 0 saturated heterocycles. The lowest BCUT2D eigenvalue weighted by Gasteiger charge is -2.21. The normalized spacial score (nSPS) is 14.1. The molecule has 3 nitrogen and oxygen atoms in total. The molecule has 156 valence electrons. The Kier molecular flexibility index (Phi) is 5.99. The molecule has 1 heterocycles. The Balaban J connectivity index is 1.73. The molecule has 0 bridgehead atoms. The Morgan fingerprint density at radius 3 is 2.38 bits per heavy atom. The van der Waals surface area contributed by atoms with Gasteiger partial charge in [0.1, 0.15) is 0 Å². The van der Waals surface area contributed by atoms with Gasteiger partial charge < -0.3 is 10.2 Å². The maximum atomic E-state index is 12.7. The Labute approximate surface area is 177 Å². The molecule has 7 heteroatoms.